The Hall–Kier alpha value is -8.34. The van der Waals surface area contributed by atoms with Crippen molar-refractivity contribution >= 4 is 39.0 Å². The number of fused-ring (bicyclic) bond motifs is 2. The maximum atomic E-state index is 5.17. The number of para-hydroxylation sites is 3. The van der Waals surface area contributed by atoms with Crippen LogP contribution in [0.3, 0.4) is 0 Å². The third-order valence-electron chi connectivity index (χ3n) is 13.5. The standard InChI is InChI=1S/C65H56N4/c1-6-45(2)26-27-46(3)47(4)28-42-59-48(5)68(63-43-35-54(44-60(59)63)51-31-29-50(30-32-51)49-18-10-7-11-19-49)56-38-40-58(41-39-56)69(55-22-14-9-15-23-55)57-36-33-53(34-37-57)65-64(52-20-12-8-13-21-52)66-61-24-16-17-25-62(61)67-65/h7-41,43-44H,6,42H2,1-5H3/b45-26+,46-27+,47-28+. The Balaban J connectivity index is 1.02. The van der Waals surface area contributed by atoms with Crippen molar-refractivity contribution in [1.29, 1.82) is 0 Å². The van der Waals surface area contributed by atoms with E-state index in [1.165, 1.54) is 61.1 Å². The van der Waals surface area contributed by atoms with E-state index < -0.39 is 0 Å². The molecule has 0 N–H and O–H groups in total. The smallest absolute Gasteiger partial charge is 0.0973 e. The summed E-state index contributed by atoms with van der Waals surface area (Å²) in [6.07, 6.45) is 8.79. The lowest BCUT2D eigenvalue weighted by molar-refractivity contribution is 1.02. The SMILES string of the molecule is CC/C(C)=C/C=C(C)/C(C)=C/Cc1c(C)n(-c2ccc(N(c3ccccc3)c3ccc(-c4nc5ccccc5nc4-c4ccccc4)cc3)cc2)c2ccc(-c3ccc(-c4ccccc4)cc3)cc12. The molecule has 4 nitrogen and oxygen atoms in total. The van der Waals surface area contributed by atoms with Gasteiger partial charge < -0.3 is 9.47 Å². The van der Waals surface area contributed by atoms with E-state index in [2.05, 4.69) is 238 Å². The summed E-state index contributed by atoms with van der Waals surface area (Å²) < 4.78 is 2.44. The first-order valence-corrected chi connectivity index (χ1v) is 24.0. The predicted molar refractivity (Wildman–Crippen MR) is 293 cm³/mol. The van der Waals surface area contributed by atoms with Gasteiger partial charge in [-0.3, -0.25) is 0 Å². The maximum Gasteiger partial charge on any atom is 0.0973 e. The molecule has 0 aliphatic carbocycles. The van der Waals surface area contributed by atoms with Gasteiger partial charge in [0.1, 0.15) is 0 Å². The number of nitrogens with zero attached hydrogens (tertiary/aromatic N) is 4. The summed E-state index contributed by atoms with van der Waals surface area (Å²) in [5.74, 6) is 0. The number of benzene rings is 8. The van der Waals surface area contributed by atoms with Crippen molar-refractivity contribution in [2.24, 2.45) is 0 Å². The molecule has 69 heavy (non-hydrogen) atoms. The van der Waals surface area contributed by atoms with Crippen LogP contribution in [-0.2, 0) is 6.42 Å². The fourth-order valence-electron chi connectivity index (χ4n) is 9.21. The number of anilines is 3. The highest BCUT2D eigenvalue weighted by Gasteiger charge is 2.19. The number of rotatable bonds is 13. The molecule has 0 aliphatic heterocycles. The van der Waals surface area contributed by atoms with E-state index in [9.17, 15) is 0 Å². The van der Waals surface area contributed by atoms with Gasteiger partial charge in [-0.05, 0) is 147 Å². The van der Waals surface area contributed by atoms with Gasteiger partial charge in [-0.25, -0.2) is 9.97 Å². The highest BCUT2D eigenvalue weighted by molar-refractivity contribution is 5.92. The van der Waals surface area contributed by atoms with Crippen molar-refractivity contribution in [3.8, 4) is 50.5 Å². The summed E-state index contributed by atoms with van der Waals surface area (Å²) in [6.45, 7) is 11.1. The Bertz CT molecular complexity index is 3490. The van der Waals surface area contributed by atoms with Gasteiger partial charge >= 0.3 is 0 Å². The third kappa shape index (κ3) is 9.35. The minimum Gasteiger partial charge on any atom is -0.314 e. The molecule has 0 saturated carbocycles. The molecule has 2 heterocycles. The summed E-state index contributed by atoms with van der Waals surface area (Å²) in [7, 11) is 0. The molecular formula is C65H56N4. The van der Waals surface area contributed by atoms with Crippen molar-refractivity contribution < 1.29 is 0 Å². The Labute approximate surface area is 406 Å². The molecule has 0 fully saturated rings. The second-order valence-corrected chi connectivity index (χ2v) is 17.9. The molecule has 0 bridgehead atoms. The molecule has 0 radical (unpaired) electrons. The van der Waals surface area contributed by atoms with Crippen LogP contribution in [0, 0.1) is 6.92 Å². The van der Waals surface area contributed by atoms with Crippen molar-refractivity contribution in [1.82, 2.24) is 14.5 Å². The minimum absolute atomic E-state index is 0.826. The Morgan fingerprint density at radius 3 is 1.54 bits per heavy atom. The van der Waals surface area contributed by atoms with Gasteiger partial charge in [0.05, 0.1) is 27.9 Å². The summed E-state index contributed by atoms with van der Waals surface area (Å²) in [4.78, 5) is 12.6. The highest BCUT2D eigenvalue weighted by Crippen LogP contribution is 2.39. The summed E-state index contributed by atoms with van der Waals surface area (Å²) in [6, 6.07) is 73.3. The summed E-state index contributed by atoms with van der Waals surface area (Å²) in [5.41, 5.74) is 22.4. The van der Waals surface area contributed by atoms with Gasteiger partial charge in [-0.15, -0.1) is 0 Å². The molecule has 2 aromatic heterocycles. The van der Waals surface area contributed by atoms with E-state index in [-0.39, 0.29) is 0 Å². The van der Waals surface area contributed by atoms with Crippen LogP contribution in [-0.4, -0.2) is 14.5 Å². The van der Waals surface area contributed by atoms with Gasteiger partial charge in [0.15, 0.2) is 0 Å². The van der Waals surface area contributed by atoms with Gasteiger partial charge in [-0.2, -0.15) is 0 Å². The van der Waals surface area contributed by atoms with Crippen LogP contribution in [0.2, 0.25) is 0 Å². The molecule has 10 aromatic rings. The fraction of sp³-hybridized carbons (Fsp3) is 0.108. The molecule has 0 saturated heterocycles. The molecule has 0 aliphatic rings. The van der Waals surface area contributed by atoms with Gasteiger partial charge in [0.2, 0.25) is 0 Å². The van der Waals surface area contributed by atoms with E-state index in [1.54, 1.807) is 0 Å². The predicted octanol–water partition coefficient (Wildman–Crippen LogP) is 17.8. The quantitative estimate of drug-likeness (QED) is 0.108. The molecule has 0 spiro atoms. The van der Waals surface area contributed by atoms with Crippen LogP contribution >= 0.6 is 0 Å². The topological polar surface area (TPSA) is 34.0 Å². The van der Waals surface area contributed by atoms with Gasteiger partial charge in [0.25, 0.3) is 0 Å². The Kier molecular flexibility index (Phi) is 12.8. The second kappa shape index (κ2) is 19.9. The highest BCUT2D eigenvalue weighted by atomic mass is 15.1. The second-order valence-electron chi connectivity index (χ2n) is 17.9. The third-order valence-corrected chi connectivity index (χ3v) is 13.5. The first-order chi connectivity index (χ1) is 33.8. The van der Waals surface area contributed by atoms with E-state index in [0.29, 0.717) is 0 Å². The van der Waals surface area contributed by atoms with Crippen LogP contribution in [0.15, 0.2) is 241 Å². The molecule has 0 unspecified atom stereocenters. The van der Waals surface area contributed by atoms with Gasteiger partial charge in [0, 0.05) is 45.0 Å². The number of aromatic nitrogens is 3. The average molecular weight is 893 g/mol. The molecule has 0 atom stereocenters. The summed E-state index contributed by atoms with van der Waals surface area (Å²) in [5, 5.41) is 1.27. The van der Waals surface area contributed by atoms with Crippen LogP contribution in [0.4, 0.5) is 17.1 Å². The van der Waals surface area contributed by atoms with E-state index in [4.69, 9.17) is 9.97 Å². The number of allylic oxidation sites excluding steroid dienone is 6. The normalized spacial score (nSPS) is 12.2. The van der Waals surface area contributed by atoms with Crippen LogP contribution in [0.25, 0.3) is 72.4 Å². The average Bonchev–Trinajstić information content (AvgIpc) is 3.69. The largest absolute Gasteiger partial charge is 0.314 e. The molecule has 4 heteroatoms. The van der Waals surface area contributed by atoms with E-state index in [0.717, 1.165) is 69.1 Å². The monoisotopic (exact) mass is 892 g/mol. The first-order valence-electron chi connectivity index (χ1n) is 24.0. The lowest BCUT2D eigenvalue weighted by Gasteiger charge is -2.26. The van der Waals surface area contributed by atoms with Crippen molar-refractivity contribution in [2.45, 2.75) is 47.5 Å². The van der Waals surface area contributed by atoms with Crippen LogP contribution in [0.1, 0.15) is 45.4 Å². The zero-order valence-electron chi connectivity index (χ0n) is 40.1. The molecule has 336 valence electrons. The molecular weight excluding hydrogens is 837 g/mol. The maximum absolute atomic E-state index is 5.17. The van der Waals surface area contributed by atoms with Crippen LogP contribution < -0.4 is 4.90 Å². The van der Waals surface area contributed by atoms with Crippen LogP contribution in [0.5, 0.6) is 0 Å². The van der Waals surface area contributed by atoms with Crippen molar-refractivity contribution in [3.63, 3.8) is 0 Å². The Morgan fingerprint density at radius 1 is 0.478 bits per heavy atom. The first kappa shape index (κ1) is 44.5. The zero-order valence-corrected chi connectivity index (χ0v) is 40.1. The van der Waals surface area contributed by atoms with E-state index in [1.807, 2.05) is 30.3 Å². The lowest BCUT2D eigenvalue weighted by Crippen LogP contribution is -2.10. The van der Waals surface area contributed by atoms with Crippen molar-refractivity contribution in [2.75, 3.05) is 4.90 Å². The van der Waals surface area contributed by atoms with E-state index >= 15 is 0 Å². The molecule has 0 amide bonds. The molecule has 8 aromatic carbocycles. The fourth-order valence-corrected chi connectivity index (χ4v) is 9.21. The number of hydrogen-bond donors (Lipinski definition) is 0. The zero-order chi connectivity index (χ0) is 47.3. The van der Waals surface area contributed by atoms with Crippen molar-refractivity contribution in [3.05, 3.63) is 252 Å². The lowest BCUT2D eigenvalue weighted by atomic mass is 9.97. The molecule has 10 rings (SSSR count). The Morgan fingerprint density at radius 2 is 0.942 bits per heavy atom. The number of hydrogen-bond acceptors (Lipinski definition) is 3. The minimum atomic E-state index is 0.826. The van der Waals surface area contributed by atoms with Gasteiger partial charge in [-0.1, -0.05) is 170 Å². The summed E-state index contributed by atoms with van der Waals surface area (Å²) >= 11 is 0.